The van der Waals surface area contributed by atoms with Crippen molar-refractivity contribution >= 4 is 5.91 Å². The van der Waals surface area contributed by atoms with Gasteiger partial charge in [0, 0.05) is 18.8 Å². The Kier molecular flexibility index (Phi) is 14.0. The predicted molar refractivity (Wildman–Crippen MR) is 116 cm³/mol. The fraction of sp³-hybridized carbons (Fsp3) is 0.870. The molecule has 0 aromatic rings. The van der Waals surface area contributed by atoms with Crippen molar-refractivity contribution in [2.45, 2.75) is 129 Å². The Morgan fingerprint density at radius 3 is 2.11 bits per heavy atom. The number of rotatable bonds is 17. The van der Waals surface area contributed by atoms with Crippen LogP contribution in [0.1, 0.15) is 117 Å². The number of unbranched alkanes of at least 4 members (excludes halogenated alkanes) is 11. The van der Waals surface area contributed by atoms with Crippen molar-refractivity contribution in [3.63, 3.8) is 0 Å². The van der Waals surface area contributed by atoms with E-state index in [9.17, 15) is 4.79 Å². The molecule has 0 spiro atoms. The third kappa shape index (κ3) is 11.3. The van der Waals surface area contributed by atoms with Crippen molar-refractivity contribution in [1.82, 2.24) is 15.5 Å². The third-order valence-corrected chi connectivity index (χ3v) is 5.55. The highest BCUT2D eigenvalue weighted by atomic mass is 16.1. The molecule has 1 amide bonds. The van der Waals surface area contributed by atoms with E-state index in [0.717, 1.165) is 12.8 Å². The zero-order valence-corrected chi connectivity index (χ0v) is 18.3. The van der Waals surface area contributed by atoms with E-state index >= 15 is 0 Å². The Bertz CT molecular complexity index is 397. The molecule has 0 fully saturated rings. The van der Waals surface area contributed by atoms with Crippen molar-refractivity contribution in [3.05, 3.63) is 12.4 Å². The van der Waals surface area contributed by atoms with Crippen LogP contribution in [-0.4, -0.2) is 23.1 Å². The summed E-state index contributed by atoms with van der Waals surface area (Å²) in [7, 11) is 0. The van der Waals surface area contributed by atoms with Gasteiger partial charge in [0.1, 0.15) is 0 Å². The minimum Gasteiger partial charge on any atom is -0.370 e. The van der Waals surface area contributed by atoms with Crippen molar-refractivity contribution in [2.24, 2.45) is 0 Å². The first-order chi connectivity index (χ1) is 13.2. The molecule has 0 radical (unpaired) electrons. The molecule has 2 N–H and O–H groups in total. The molecule has 2 unspecified atom stereocenters. The van der Waals surface area contributed by atoms with E-state index in [1.165, 1.54) is 77.0 Å². The molecule has 4 nitrogen and oxygen atoms in total. The molecule has 1 heterocycles. The summed E-state index contributed by atoms with van der Waals surface area (Å²) in [6.07, 6.45) is 23.0. The summed E-state index contributed by atoms with van der Waals surface area (Å²) in [4.78, 5) is 14.5. The number of carbonyl (C=O) groups is 1. The van der Waals surface area contributed by atoms with Gasteiger partial charge in [-0.25, -0.2) is 0 Å². The smallest absolute Gasteiger partial charge is 0.221 e. The fourth-order valence-corrected chi connectivity index (χ4v) is 3.80. The van der Waals surface area contributed by atoms with E-state index in [1.54, 1.807) is 0 Å². The SMILES string of the molecule is CCCCCCCCCCCC(=O)NC(C)N1C=CNC1CCCCCC. The van der Waals surface area contributed by atoms with Crippen LogP contribution in [0.2, 0.25) is 0 Å². The topological polar surface area (TPSA) is 44.4 Å². The van der Waals surface area contributed by atoms with Gasteiger partial charge >= 0.3 is 0 Å². The van der Waals surface area contributed by atoms with Crippen molar-refractivity contribution in [2.75, 3.05) is 0 Å². The van der Waals surface area contributed by atoms with Gasteiger partial charge in [-0.15, -0.1) is 0 Å². The lowest BCUT2D eigenvalue weighted by molar-refractivity contribution is -0.122. The normalized spacial score (nSPS) is 17.1. The molecule has 0 saturated heterocycles. The summed E-state index contributed by atoms with van der Waals surface area (Å²) in [6, 6.07) is 0. The minimum absolute atomic E-state index is 0.0542. The average Bonchev–Trinajstić information content (AvgIpc) is 3.12. The molecule has 0 saturated carbocycles. The van der Waals surface area contributed by atoms with E-state index in [2.05, 4.69) is 42.5 Å². The van der Waals surface area contributed by atoms with Crippen LogP contribution in [-0.2, 0) is 4.79 Å². The second-order valence-electron chi connectivity index (χ2n) is 8.12. The summed E-state index contributed by atoms with van der Waals surface area (Å²) < 4.78 is 0. The number of hydrogen-bond acceptors (Lipinski definition) is 3. The molecule has 27 heavy (non-hydrogen) atoms. The molecule has 0 aromatic carbocycles. The van der Waals surface area contributed by atoms with Crippen molar-refractivity contribution < 1.29 is 4.79 Å². The zero-order valence-electron chi connectivity index (χ0n) is 18.3. The fourth-order valence-electron chi connectivity index (χ4n) is 3.80. The Hall–Kier alpha value is -1.19. The number of carbonyl (C=O) groups excluding carboxylic acids is 1. The van der Waals surface area contributed by atoms with E-state index in [0.29, 0.717) is 12.6 Å². The van der Waals surface area contributed by atoms with Gasteiger partial charge in [0.15, 0.2) is 0 Å². The van der Waals surface area contributed by atoms with Crippen molar-refractivity contribution in [3.8, 4) is 0 Å². The molecule has 0 bridgehead atoms. The van der Waals surface area contributed by atoms with E-state index in [1.807, 2.05) is 6.20 Å². The van der Waals surface area contributed by atoms with Gasteiger partial charge in [0.2, 0.25) is 5.91 Å². The highest BCUT2D eigenvalue weighted by molar-refractivity contribution is 5.76. The van der Waals surface area contributed by atoms with Crippen LogP contribution in [0.5, 0.6) is 0 Å². The second kappa shape index (κ2) is 15.8. The maximum Gasteiger partial charge on any atom is 0.221 e. The quantitative estimate of drug-likeness (QED) is 0.303. The van der Waals surface area contributed by atoms with Crippen LogP contribution >= 0.6 is 0 Å². The summed E-state index contributed by atoms with van der Waals surface area (Å²) >= 11 is 0. The molecule has 1 rings (SSSR count). The van der Waals surface area contributed by atoms with Crippen LogP contribution < -0.4 is 10.6 Å². The standard InChI is InChI=1S/C23H45N3O/c1-4-6-8-10-11-12-13-14-16-18-23(27)25-21(3)26-20-19-24-22(26)17-15-9-7-5-2/h19-22,24H,4-18H2,1-3H3,(H,25,27). The number of amides is 1. The van der Waals surface area contributed by atoms with Crippen molar-refractivity contribution in [1.29, 1.82) is 0 Å². The molecule has 2 atom stereocenters. The van der Waals surface area contributed by atoms with Crippen LogP contribution in [0.15, 0.2) is 12.4 Å². The maximum absolute atomic E-state index is 12.2. The highest BCUT2D eigenvalue weighted by Gasteiger charge is 2.23. The minimum atomic E-state index is 0.0542. The first-order valence-corrected chi connectivity index (χ1v) is 11.7. The second-order valence-corrected chi connectivity index (χ2v) is 8.12. The molecular weight excluding hydrogens is 334 g/mol. The van der Waals surface area contributed by atoms with Gasteiger partial charge in [0.25, 0.3) is 0 Å². The number of nitrogens with zero attached hydrogens (tertiary/aromatic N) is 1. The third-order valence-electron chi connectivity index (χ3n) is 5.55. The molecule has 158 valence electrons. The van der Waals surface area contributed by atoms with Gasteiger partial charge in [-0.1, -0.05) is 84.5 Å². The predicted octanol–water partition coefficient (Wildman–Crippen LogP) is 6.04. The van der Waals surface area contributed by atoms with Gasteiger partial charge in [-0.2, -0.15) is 0 Å². The Morgan fingerprint density at radius 1 is 0.926 bits per heavy atom. The van der Waals surface area contributed by atoms with Gasteiger partial charge in [-0.3, -0.25) is 4.79 Å². The van der Waals surface area contributed by atoms with E-state index in [-0.39, 0.29) is 12.1 Å². The molecule has 0 aromatic heterocycles. The first-order valence-electron chi connectivity index (χ1n) is 11.7. The molecule has 1 aliphatic rings. The lowest BCUT2D eigenvalue weighted by Gasteiger charge is -2.32. The van der Waals surface area contributed by atoms with Gasteiger partial charge in [-0.05, 0) is 26.2 Å². The lowest BCUT2D eigenvalue weighted by atomic mass is 10.1. The van der Waals surface area contributed by atoms with Crippen LogP contribution in [0.4, 0.5) is 0 Å². The summed E-state index contributed by atoms with van der Waals surface area (Å²) in [6.45, 7) is 6.59. The molecule has 0 aliphatic carbocycles. The van der Waals surface area contributed by atoms with Crippen LogP contribution in [0, 0.1) is 0 Å². The summed E-state index contributed by atoms with van der Waals surface area (Å²) in [5.41, 5.74) is 0. The number of nitrogens with one attached hydrogen (secondary N) is 2. The summed E-state index contributed by atoms with van der Waals surface area (Å²) in [5, 5.41) is 6.59. The van der Waals surface area contributed by atoms with Gasteiger partial charge in [0.05, 0.1) is 12.3 Å². The highest BCUT2D eigenvalue weighted by Crippen LogP contribution is 2.16. The lowest BCUT2D eigenvalue weighted by Crippen LogP contribution is -2.49. The maximum atomic E-state index is 12.2. The molecular formula is C23H45N3O. The Labute approximate surface area is 168 Å². The monoisotopic (exact) mass is 379 g/mol. The zero-order chi connectivity index (χ0) is 19.7. The molecule has 1 aliphatic heterocycles. The Balaban J connectivity index is 2.08. The van der Waals surface area contributed by atoms with Crippen LogP contribution in [0.25, 0.3) is 0 Å². The number of hydrogen-bond donors (Lipinski definition) is 2. The largest absolute Gasteiger partial charge is 0.370 e. The Morgan fingerprint density at radius 2 is 1.48 bits per heavy atom. The molecule has 4 heteroatoms. The van der Waals surface area contributed by atoms with E-state index in [4.69, 9.17) is 0 Å². The first kappa shape index (κ1) is 23.8. The van der Waals surface area contributed by atoms with Gasteiger partial charge < -0.3 is 15.5 Å². The van der Waals surface area contributed by atoms with Crippen LogP contribution in [0.3, 0.4) is 0 Å². The summed E-state index contributed by atoms with van der Waals surface area (Å²) in [5.74, 6) is 0.190. The average molecular weight is 380 g/mol. The van der Waals surface area contributed by atoms with E-state index < -0.39 is 0 Å².